The van der Waals surface area contributed by atoms with Crippen LogP contribution in [0.4, 0.5) is 4.79 Å². The van der Waals surface area contributed by atoms with E-state index in [2.05, 4.69) is 26.6 Å². The molecule has 0 aliphatic carbocycles. The zero-order valence-electron chi connectivity index (χ0n) is 75.4. The average Bonchev–Trinajstić information content (AvgIpc) is 0.820. The van der Waals surface area contributed by atoms with Gasteiger partial charge in [-0.15, -0.1) is 0 Å². The predicted octanol–water partition coefficient (Wildman–Crippen LogP) is 14.2. The number of amides is 5. The summed E-state index contributed by atoms with van der Waals surface area (Å²) in [5.41, 5.74) is -14.8. The average molecular weight is 1650 g/mol. The molecule has 5 amide bonds. The Hall–Kier alpha value is -8.40. The van der Waals surface area contributed by atoms with E-state index in [9.17, 15) is 47.9 Å². The van der Waals surface area contributed by atoms with Gasteiger partial charge in [0.2, 0.25) is 23.6 Å². The van der Waals surface area contributed by atoms with Crippen molar-refractivity contribution in [2.45, 2.75) is 433 Å². The summed E-state index contributed by atoms with van der Waals surface area (Å²) >= 11 is 0. The van der Waals surface area contributed by atoms with E-state index in [1.54, 1.807) is 217 Å². The topological polar surface area (TPSA) is 391 Å². The first-order valence-electron chi connectivity index (χ1n) is 40.7. The van der Waals surface area contributed by atoms with E-state index in [1.165, 1.54) is 6.92 Å². The summed E-state index contributed by atoms with van der Waals surface area (Å²) in [5, 5.41) is 14.8. The Morgan fingerprint density at radius 1 is 0.259 bits per heavy atom. The highest BCUT2D eigenvalue weighted by Gasteiger charge is 2.43. The molecule has 0 saturated carbocycles. The summed E-state index contributed by atoms with van der Waals surface area (Å²) in [6, 6.07) is 7.20. The Bertz CT molecular complexity index is 2900. The van der Waals surface area contributed by atoms with E-state index in [0.29, 0.717) is 5.56 Å². The van der Waals surface area contributed by atoms with Gasteiger partial charge in [-0.2, -0.15) is 0 Å². The van der Waals surface area contributed by atoms with Gasteiger partial charge in [-0.3, -0.25) is 62.3 Å². The van der Waals surface area contributed by atoms with Crippen molar-refractivity contribution in [3.05, 3.63) is 35.9 Å². The molecule has 0 bridgehead atoms. The SMILES string of the molecule is C[C@@H](NC(=O)OCc1ccccc1)C(=O)NC(CCC(=O)NC(CCC(=O)OC(C)(C)C)(CCC(=O)OC(C)(C)C)CCC(=O)OC(C)(C)C)(CCC(=O)NC(CCC(=O)OC(C)(C)C)(CCC(=O)OC(C)(C)C)CCC(=O)OC(C)(C)C)CCC(=O)NC(CCC(=O)OC(C)(C)C)(CCC(=O)OC(C)(C)C)CCC(=O)OC(C)(C)C. The Morgan fingerprint density at radius 3 is 0.612 bits per heavy atom. The molecule has 0 aromatic heterocycles. The number of esters is 9. The number of carbonyl (C=O) groups excluding carboxylic acids is 14. The van der Waals surface area contributed by atoms with Gasteiger partial charge >= 0.3 is 59.8 Å². The third-order valence-corrected chi connectivity index (χ3v) is 17.1. The molecule has 0 aliphatic rings. The van der Waals surface area contributed by atoms with Crippen molar-refractivity contribution in [2.24, 2.45) is 0 Å². The van der Waals surface area contributed by atoms with E-state index >= 15 is 19.2 Å². The highest BCUT2D eigenvalue weighted by molar-refractivity contribution is 5.87. The standard InChI is InChI=1S/C87H145N5O24/c1-59(88-74(106)107-58-60-32-30-29-31-33-60)73(105)92-87(46-34-61(93)89-84(49-37-64(96)108-75(2,3)4,50-38-65(97)109-76(5,6)7)51-39-66(98)110-77(8,9)10,47-35-62(94)90-85(52-40-67(99)111-78(11,12)13,53-41-68(100)112-79(14,15)16)54-42-69(101)113-80(17,18)19)48-36-63(95)91-86(55-43-70(102)114-81(20,21)22,56-44-71(103)115-82(23,24)25)57-45-72(104)116-83(26,27)28/h29-33,59H,34-58H2,1-28H3,(H,88,106)(H,89,93)(H,90,94)(H,91,95)(H,92,105)/t59-/m1/s1. The number of rotatable bonds is 44. The van der Waals surface area contributed by atoms with Crippen molar-refractivity contribution >= 4 is 83.4 Å². The fraction of sp³-hybridized carbons (Fsp3) is 0.770. The third kappa shape index (κ3) is 51.6. The zero-order chi connectivity index (χ0) is 89.6. The summed E-state index contributed by atoms with van der Waals surface area (Å²) in [7, 11) is 0. The van der Waals surface area contributed by atoms with Crippen LogP contribution in [0.3, 0.4) is 0 Å². The van der Waals surface area contributed by atoms with E-state index in [0.717, 1.165) is 0 Å². The van der Waals surface area contributed by atoms with Crippen LogP contribution in [0.1, 0.15) is 354 Å². The van der Waals surface area contributed by atoms with Gasteiger partial charge < -0.3 is 74.0 Å². The maximum absolute atomic E-state index is 15.6. The highest BCUT2D eigenvalue weighted by atomic mass is 16.6. The number of benzene rings is 1. The van der Waals surface area contributed by atoms with Crippen LogP contribution in [0.5, 0.6) is 0 Å². The summed E-state index contributed by atoms with van der Waals surface area (Å²) in [5.74, 6) is -9.40. The molecule has 29 nitrogen and oxygen atoms in total. The first-order valence-corrected chi connectivity index (χ1v) is 40.7. The lowest BCUT2D eigenvalue weighted by atomic mass is 9.80. The molecule has 1 aromatic rings. The quantitative estimate of drug-likeness (QED) is 0.0299. The van der Waals surface area contributed by atoms with Gasteiger partial charge in [0.15, 0.2) is 0 Å². The van der Waals surface area contributed by atoms with Gasteiger partial charge in [0.1, 0.15) is 63.1 Å². The molecule has 1 atom stereocenters. The van der Waals surface area contributed by atoms with Crippen LogP contribution in [-0.2, 0) is 116 Å². The molecular weight excluding hydrogens is 1500 g/mol. The molecule has 0 radical (unpaired) electrons. The molecule has 0 heterocycles. The number of hydrogen-bond acceptors (Lipinski definition) is 24. The van der Waals surface area contributed by atoms with Crippen molar-refractivity contribution in [1.29, 1.82) is 0 Å². The molecule has 0 saturated heterocycles. The Morgan fingerprint density at radius 2 is 0.431 bits per heavy atom. The van der Waals surface area contributed by atoms with Crippen molar-refractivity contribution in [2.75, 3.05) is 0 Å². The molecule has 0 aliphatic heterocycles. The predicted molar refractivity (Wildman–Crippen MR) is 436 cm³/mol. The largest absolute Gasteiger partial charge is 0.460 e. The maximum atomic E-state index is 15.6. The van der Waals surface area contributed by atoms with Gasteiger partial charge in [-0.05, 0) is 276 Å². The first-order chi connectivity index (χ1) is 52.5. The van der Waals surface area contributed by atoms with Crippen molar-refractivity contribution in [1.82, 2.24) is 26.6 Å². The monoisotopic (exact) mass is 1640 g/mol. The Balaban J connectivity index is 4.89. The molecule has 1 aromatic carbocycles. The van der Waals surface area contributed by atoms with E-state index in [1.807, 2.05) is 0 Å². The lowest BCUT2D eigenvalue weighted by molar-refractivity contribution is -0.158. The van der Waals surface area contributed by atoms with Crippen LogP contribution in [-0.4, -0.2) is 162 Å². The number of nitrogens with one attached hydrogen (secondary N) is 5. The van der Waals surface area contributed by atoms with E-state index < -0.39 is 201 Å². The lowest BCUT2D eigenvalue weighted by Gasteiger charge is -2.39. The molecule has 29 heteroatoms. The van der Waals surface area contributed by atoms with Crippen molar-refractivity contribution < 1.29 is 114 Å². The van der Waals surface area contributed by atoms with Gasteiger partial charge in [0.05, 0.1) is 0 Å². The van der Waals surface area contributed by atoms with Crippen LogP contribution >= 0.6 is 0 Å². The Labute approximate surface area is 690 Å². The minimum atomic E-state index is -1.95. The normalized spacial score (nSPS) is 13.1. The highest BCUT2D eigenvalue weighted by Crippen LogP contribution is 2.36. The van der Waals surface area contributed by atoms with Crippen LogP contribution in [0.15, 0.2) is 30.3 Å². The summed E-state index contributed by atoms with van der Waals surface area (Å²) < 4.78 is 57.1. The molecule has 5 N–H and O–H groups in total. The van der Waals surface area contributed by atoms with Crippen LogP contribution in [0.25, 0.3) is 0 Å². The number of carbonyl (C=O) groups is 14. The van der Waals surface area contributed by atoms with E-state index in [4.69, 9.17) is 47.4 Å². The van der Waals surface area contributed by atoms with Gasteiger partial charge in [0, 0.05) is 99.2 Å². The second-order valence-corrected chi connectivity index (χ2v) is 39.5. The molecule has 662 valence electrons. The van der Waals surface area contributed by atoms with Crippen LogP contribution in [0.2, 0.25) is 0 Å². The molecule has 116 heavy (non-hydrogen) atoms. The molecule has 0 fully saturated rings. The molecule has 0 spiro atoms. The maximum Gasteiger partial charge on any atom is 0.408 e. The fourth-order valence-corrected chi connectivity index (χ4v) is 12.4. The lowest BCUT2D eigenvalue weighted by Crippen LogP contribution is -2.57. The van der Waals surface area contributed by atoms with Gasteiger partial charge in [-0.25, -0.2) is 4.79 Å². The van der Waals surface area contributed by atoms with Crippen LogP contribution < -0.4 is 26.6 Å². The Kier molecular flexibility index (Phi) is 40.9. The fourth-order valence-electron chi connectivity index (χ4n) is 12.4. The number of alkyl carbamates (subject to hydrolysis) is 1. The van der Waals surface area contributed by atoms with Gasteiger partial charge in [-0.1, -0.05) is 30.3 Å². The van der Waals surface area contributed by atoms with E-state index in [-0.39, 0.29) is 122 Å². The first kappa shape index (κ1) is 106. The van der Waals surface area contributed by atoms with Crippen molar-refractivity contribution in [3.63, 3.8) is 0 Å². The van der Waals surface area contributed by atoms with Gasteiger partial charge in [0.25, 0.3) is 0 Å². The number of ether oxygens (including phenoxy) is 10. The van der Waals surface area contributed by atoms with Crippen molar-refractivity contribution in [3.8, 4) is 0 Å². The minimum absolute atomic E-state index is 0.206. The summed E-state index contributed by atoms with van der Waals surface area (Å²) in [6.07, 6.45) is -9.19. The molecule has 1 rings (SSSR count). The smallest absolute Gasteiger partial charge is 0.408 e. The molecular formula is C87H145N5O24. The second-order valence-electron chi connectivity index (χ2n) is 39.5. The third-order valence-electron chi connectivity index (χ3n) is 17.1. The summed E-state index contributed by atoms with van der Waals surface area (Å²) in [6.45, 7) is 46.2. The molecule has 0 unspecified atom stereocenters. The summed E-state index contributed by atoms with van der Waals surface area (Å²) in [4.78, 5) is 200. The minimum Gasteiger partial charge on any atom is -0.460 e. The second kappa shape index (κ2) is 45.0. The zero-order valence-corrected chi connectivity index (χ0v) is 75.4. The number of hydrogen-bond donors (Lipinski definition) is 5. The van der Waals surface area contributed by atoms with Crippen LogP contribution in [0, 0.1) is 0 Å².